The molecule has 0 fully saturated rings. The van der Waals surface area contributed by atoms with E-state index in [1.165, 1.54) is 6.07 Å². The number of nitrogens with one attached hydrogen (secondary N) is 3. The molecular formula is C29H33N3O5. The molecule has 194 valence electrons. The summed E-state index contributed by atoms with van der Waals surface area (Å²) in [5, 5.41) is 36.8. The first-order valence-corrected chi connectivity index (χ1v) is 12.2. The SMILES string of the molecule is COc1cccc(CNC(=O)c2cc3cc(CC(C)NCC(O)c4ccc(O)c(CO)c4)ccc3[nH]2)c1. The number of fused-ring (bicyclic) bond motifs is 1. The number of rotatable bonds is 11. The smallest absolute Gasteiger partial charge is 0.267 e. The predicted molar refractivity (Wildman–Crippen MR) is 143 cm³/mol. The maximum Gasteiger partial charge on any atom is 0.267 e. The number of phenols is 1. The van der Waals surface area contributed by atoms with Gasteiger partial charge in [0.15, 0.2) is 0 Å². The fraction of sp³-hybridized carbons (Fsp3) is 0.276. The van der Waals surface area contributed by atoms with E-state index >= 15 is 0 Å². The zero-order valence-corrected chi connectivity index (χ0v) is 21.0. The number of amides is 1. The molecule has 8 heteroatoms. The molecule has 0 aliphatic carbocycles. The number of carbonyl (C=O) groups is 1. The van der Waals surface area contributed by atoms with E-state index < -0.39 is 6.10 Å². The van der Waals surface area contributed by atoms with E-state index in [2.05, 4.69) is 21.7 Å². The van der Waals surface area contributed by atoms with Crippen molar-refractivity contribution in [3.63, 3.8) is 0 Å². The molecule has 4 aromatic rings. The molecule has 37 heavy (non-hydrogen) atoms. The van der Waals surface area contributed by atoms with E-state index in [-0.39, 0.29) is 24.3 Å². The Morgan fingerprint density at radius 2 is 1.89 bits per heavy atom. The average Bonchev–Trinajstić information content (AvgIpc) is 3.34. The molecule has 0 aliphatic heterocycles. The Balaban J connectivity index is 1.32. The van der Waals surface area contributed by atoms with E-state index in [4.69, 9.17) is 4.74 Å². The Bertz CT molecular complexity index is 1370. The number of aromatic amines is 1. The summed E-state index contributed by atoms with van der Waals surface area (Å²) >= 11 is 0. The molecule has 1 amide bonds. The normalized spacial score (nSPS) is 12.9. The quantitative estimate of drug-likeness (QED) is 0.186. The van der Waals surface area contributed by atoms with E-state index in [1.54, 1.807) is 19.2 Å². The zero-order chi connectivity index (χ0) is 26.4. The molecule has 1 aromatic heterocycles. The third kappa shape index (κ3) is 6.68. The van der Waals surface area contributed by atoms with Gasteiger partial charge in [0.05, 0.1) is 19.8 Å². The molecule has 0 radical (unpaired) electrons. The second-order valence-corrected chi connectivity index (χ2v) is 9.21. The molecule has 0 saturated heterocycles. The van der Waals surface area contributed by atoms with Crippen LogP contribution in [0, 0.1) is 0 Å². The van der Waals surface area contributed by atoms with Crippen LogP contribution in [0.3, 0.4) is 0 Å². The molecule has 3 aromatic carbocycles. The highest BCUT2D eigenvalue weighted by Gasteiger charge is 2.14. The molecule has 8 nitrogen and oxygen atoms in total. The van der Waals surface area contributed by atoms with Crippen molar-refractivity contribution in [2.45, 2.75) is 38.6 Å². The number of aromatic nitrogens is 1. The van der Waals surface area contributed by atoms with Crippen molar-refractivity contribution >= 4 is 16.8 Å². The van der Waals surface area contributed by atoms with Crippen molar-refractivity contribution in [1.29, 1.82) is 0 Å². The first-order chi connectivity index (χ1) is 17.9. The summed E-state index contributed by atoms with van der Waals surface area (Å²) in [6, 6.07) is 20.3. The van der Waals surface area contributed by atoms with Crippen LogP contribution in [0.5, 0.6) is 11.5 Å². The molecule has 0 spiro atoms. The van der Waals surface area contributed by atoms with Gasteiger partial charge in [-0.25, -0.2) is 0 Å². The standard InChI is InChI=1S/C29H33N3O5/c1-18(30-16-28(35)21-7-9-27(34)23(13-21)17-33)10-19-6-8-25-22(11-19)14-26(32-25)29(36)31-15-20-4-3-5-24(12-20)37-2/h3-9,11-14,18,28,30,32-35H,10,15-17H2,1-2H3,(H,31,36). The number of hydrogen-bond donors (Lipinski definition) is 6. The Morgan fingerprint density at radius 3 is 2.68 bits per heavy atom. The van der Waals surface area contributed by atoms with Crippen LogP contribution in [0.1, 0.15) is 45.8 Å². The number of hydrogen-bond acceptors (Lipinski definition) is 6. The van der Waals surface area contributed by atoms with Gasteiger partial charge in [-0.05, 0) is 72.5 Å². The van der Waals surface area contributed by atoms with Gasteiger partial charge >= 0.3 is 0 Å². The molecule has 6 N–H and O–H groups in total. The predicted octanol–water partition coefficient (Wildman–Crippen LogP) is 3.56. The number of carbonyl (C=O) groups excluding carboxylic acids is 1. The summed E-state index contributed by atoms with van der Waals surface area (Å²) in [6.07, 6.45) is -0.0265. The zero-order valence-electron chi connectivity index (χ0n) is 21.0. The molecule has 1 heterocycles. The lowest BCUT2D eigenvalue weighted by atomic mass is 10.0. The third-order valence-corrected chi connectivity index (χ3v) is 6.38. The number of aliphatic hydroxyl groups excluding tert-OH is 2. The van der Waals surface area contributed by atoms with E-state index in [0.717, 1.165) is 34.2 Å². The van der Waals surface area contributed by atoms with Crippen LogP contribution in [-0.4, -0.2) is 45.9 Å². The van der Waals surface area contributed by atoms with Crippen molar-refractivity contribution in [3.05, 3.63) is 94.7 Å². The Morgan fingerprint density at radius 1 is 1.05 bits per heavy atom. The van der Waals surface area contributed by atoms with Crippen molar-refractivity contribution in [2.24, 2.45) is 0 Å². The monoisotopic (exact) mass is 503 g/mol. The molecule has 0 bridgehead atoms. The largest absolute Gasteiger partial charge is 0.508 e. The van der Waals surface area contributed by atoms with Gasteiger partial charge in [0.1, 0.15) is 17.2 Å². The van der Waals surface area contributed by atoms with Crippen LogP contribution in [0.25, 0.3) is 10.9 Å². The van der Waals surface area contributed by atoms with Crippen LogP contribution >= 0.6 is 0 Å². The van der Waals surface area contributed by atoms with E-state index in [1.807, 2.05) is 49.4 Å². The molecular weight excluding hydrogens is 470 g/mol. The van der Waals surface area contributed by atoms with Crippen molar-refractivity contribution < 1.29 is 24.9 Å². The van der Waals surface area contributed by atoms with Crippen molar-refractivity contribution in [3.8, 4) is 11.5 Å². The van der Waals surface area contributed by atoms with Gasteiger partial charge in [-0.15, -0.1) is 0 Å². The number of methoxy groups -OCH3 is 1. The Kier molecular flexibility index (Phi) is 8.45. The van der Waals surface area contributed by atoms with Crippen LogP contribution in [-0.2, 0) is 19.6 Å². The van der Waals surface area contributed by atoms with Crippen LogP contribution in [0.15, 0.2) is 66.7 Å². The fourth-order valence-corrected chi connectivity index (χ4v) is 4.29. The summed E-state index contributed by atoms with van der Waals surface area (Å²) in [5.41, 5.74) is 4.47. The van der Waals surface area contributed by atoms with Gasteiger partial charge in [0.2, 0.25) is 0 Å². The minimum atomic E-state index is -0.765. The highest BCUT2D eigenvalue weighted by molar-refractivity contribution is 5.98. The van der Waals surface area contributed by atoms with Gasteiger partial charge in [0.25, 0.3) is 5.91 Å². The lowest BCUT2D eigenvalue weighted by Gasteiger charge is -2.18. The highest BCUT2D eigenvalue weighted by atomic mass is 16.5. The minimum absolute atomic E-state index is 0.0115. The fourth-order valence-electron chi connectivity index (χ4n) is 4.29. The van der Waals surface area contributed by atoms with Crippen LogP contribution < -0.4 is 15.4 Å². The van der Waals surface area contributed by atoms with Crippen LogP contribution in [0.4, 0.5) is 0 Å². The van der Waals surface area contributed by atoms with Gasteiger partial charge in [-0.2, -0.15) is 0 Å². The second-order valence-electron chi connectivity index (χ2n) is 9.21. The summed E-state index contributed by atoms with van der Waals surface area (Å²) < 4.78 is 5.23. The van der Waals surface area contributed by atoms with Gasteiger partial charge in [-0.1, -0.05) is 24.3 Å². The molecule has 0 saturated carbocycles. The van der Waals surface area contributed by atoms with E-state index in [9.17, 15) is 20.1 Å². The Hall–Kier alpha value is -3.85. The number of benzene rings is 3. The lowest BCUT2D eigenvalue weighted by Crippen LogP contribution is -2.32. The molecule has 4 rings (SSSR count). The highest BCUT2D eigenvalue weighted by Crippen LogP contribution is 2.23. The molecule has 0 aliphatic rings. The van der Waals surface area contributed by atoms with E-state index in [0.29, 0.717) is 29.9 Å². The Labute approximate surface area is 215 Å². The summed E-state index contributed by atoms with van der Waals surface area (Å²) in [5.74, 6) is 0.583. The summed E-state index contributed by atoms with van der Waals surface area (Å²) in [7, 11) is 1.61. The summed E-state index contributed by atoms with van der Waals surface area (Å²) in [6.45, 7) is 2.49. The first-order valence-electron chi connectivity index (χ1n) is 12.2. The lowest BCUT2D eigenvalue weighted by molar-refractivity contribution is 0.0946. The average molecular weight is 504 g/mol. The maximum atomic E-state index is 12.7. The minimum Gasteiger partial charge on any atom is -0.508 e. The number of aromatic hydroxyl groups is 1. The van der Waals surface area contributed by atoms with Crippen molar-refractivity contribution in [1.82, 2.24) is 15.6 Å². The number of ether oxygens (including phenoxy) is 1. The van der Waals surface area contributed by atoms with Crippen molar-refractivity contribution in [2.75, 3.05) is 13.7 Å². The van der Waals surface area contributed by atoms with Crippen LogP contribution in [0.2, 0.25) is 0 Å². The van der Waals surface area contributed by atoms with Gasteiger partial charge in [0, 0.05) is 35.6 Å². The number of aliphatic hydroxyl groups is 2. The molecule has 2 atom stereocenters. The van der Waals surface area contributed by atoms with Gasteiger partial charge in [-0.3, -0.25) is 4.79 Å². The number of H-pyrrole nitrogens is 1. The summed E-state index contributed by atoms with van der Waals surface area (Å²) in [4.78, 5) is 15.9. The molecule has 2 unspecified atom stereocenters. The maximum absolute atomic E-state index is 12.7. The second kappa shape index (κ2) is 11.9. The topological polar surface area (TPSA) is 127 Å². The first kappa shape index (κ1) is 26.2. The third-order valence-electron chi connectivity index (χ3n) is 6.38. The van der Waals surface area contributed by atoms with Gasteiger partial charge < -0.3 is 35.7 Å².